The van der Waals surface area contributed by atoms with Crippen LogP contribution in [0.1, 0.15) is 28.8 Å². The highest BCUT2D eigenvalue weighted by molar-refractivity contribution is 5.99. The number of carbonyl (C=O) groups excluding carboxylic acids is 2. The molecule has 0 aliphatic heterocycles. The highest BCUT2D eigenvalue weighted by atomic mass is 16.5. The summed E-state index contributed by atoms with van der Waals surface area (Å²) in [4.78, 5) is 24.6. The van der Waals surface area contributed by atoms with Gasteiger partial charge in [-0.25, -0.2) is 4.79 Å². The Morgan fingerprint density at radius 1 is 1.14 bits per heavy atom. The minimum Gasteiger partial charge on any atom is -0.507 e. The normalized spacial score (nSPS) is 11.5. The number of hydrogen-bond acceptors (Lipinski definition) is 6. The van der Waals surface area contributed by atoms with Crippen LogP contribution >= 0.6 is 0 Å². The molecule has 0 saturated heterocycles. The Kier molecular flexibility index (Phi) is 8.30. The van der Waals surface area contributed by atoms with Crippen molar-refractivity contribution in [1.29, 1.82) is 0 Å². The van der Waals surface area contributed by atoms with Gasteiger partial charge in [-0.3, -0.25) is 4.79 Å². The lowest BCUT2D eigenvalue weighted by Gasteiger charge is -2.17. The molecule has 7 nitrogen and oxygen atoms in total. The highest BCUT2D eigenvalue weighted by Gasteiger charge is 2.24. The van der Waals surface area contributed by atoms with Crippen LogP contribution in [-0.4, -0.2) is 43.3 Å². The van der Waals surface area contributed by atoms with Gasteiger partial charge in [-0.05, 0) is 37.1 Å². The van der Waals surface area contributed by atoms with Crippen LogP contribution < -0.4 is 15.8 Å². The minimum atomic E-state index is -0.869. The molecule has 1 atom stereocenters. The zero-order valence-electron chi connectivity index (χ0n) is 15.9. The topological polar surface area (TPSA) is 111 Å². The molecular formula is C21H26N2O5. The fourth-order valence-corrected chi connectivity index (χ4v) is 2.65. The molecule has 0 bridgehead atoms. The number of aromatic hydroxyl groups is 1. The number of amides is 1. The van der Waals surface area contributed by atoms with E-state index >= 15 is 0 Å². The molecule has 2 aromatic carbocycles. The van der Waals surface area contributed by atoms with Crippen LogP contribution in [0.25, 0.3) is 0 Å². The first-order valence-electron chi connectivity index (χ1n) is 9.13. The predicted molar refractivity (Wildman–Crippen MR) is 105 cm³/mol. The molecule has 4 N–H and O–H groups in total. The first kappa shape index (κ1) is 21.2. The number of nitrogens with one attached hydrogen (secondary N) is 1. The highest BCUT2D eigenvalue weighted by Crippen LogP contribution is 2.24. The van der Waals surface area contributed by atoms with Gasteiger partial charge in [0.2, 0.25) is 0 Å². The second-order valence-corrected chi connectivity index (χ2v) is 6.26. The van der Waals surface area contributed by atoms with E-state index in [4.69, 9.17) is 15.2 Å². The van der Waals surface area contributed by atoms with Crippen molar-refractivity contribution in [3.05, 3.63) is 59.7 Å². The van der Waals surface area contributed by atoms with Crippen molar-refractivity contribution in [3.63, 3.8) is 0 Å². The SMILES string of the molecule is COC(=O)C(Cc1ccccc1)NC(=O)c1ccc(OCCCCN)cc1O. The maximum Gasteiger partial charge on any atom is 0.328 e. The van der Waals surface area contributed by atoms with Crippen LogP contribution in [0.3, 0.4) is 0 Å². The van der Waals surface area contributed by atoms with Crippen LogP contribution in [-0.2, 0) is 16.0 Å². The van der Waals surface area contributed by atoms with E-state index in [0.29, 0.717) is 18.9 Å². The van der Waals surface area contributed by atoms with Gasteiger partial charge in [-0.1, -0.05) is 30.3 Å². The zero-order valence-corrected chi connectivity index (χ0v) is 15.9. The average Bonchev–Trinajstić information content (AvgIpc) is 2.71. The summed E-state index contributed by atoms with van der Waals surface area (Å²) >= 11 is 0. The molecule has 0 aliphatic carbocycles. The van der Waals surface area contributed by atoms with E-state index in [1.165, 1.54) is 19.2 Å². The molecule has 0 spiro atoms. The van der Waals surface area contributed by atoms with E-state index in [2.05, 4.69) is 5.32 Å². The van der Waals surface area contributed by atoms with Crippen molar-refractivity contribution in [1.82, 2.24) is 5.32 Å². The molecule has 2 aromatic rings. The lowest BCUT2D eigenvalue weighted by Crippen LogP contribution is -2.43. The summed E-state index contributed by atoms with van der Waals surface area (Å²) in [6.07, 6.45) is 1.94. The third-order valence-corrected chi connectivity index (χ3v) is 4.15. The van der Waals surface area contributed by atoms with Gasteiger partial charge in [-0.2, -0.15) is 0 Å². The lowest BCUT2D eigenvalue weighted by atomic mass is 10.1. The monoisotopic (exact) mass is 386 g/mol. The van der Waals surface area contributed by atoms with Crippen molar-refractivity contribution in [3.8, 4) is 11.5 Å². The predicted octanol–water partition coefficient (Wildman–Crippen LogP) is 2.02. The molecule has 0 saturated carbocycles. The Balaban J connectivity index is 2.04. The fraction of sp³-hybridized carbons (Fsp3) is 0.333. The van der Waals surface area contributed by atoms with Gasteiger partial charge in [0.25, 0.3) is 5.91 Å². The number of hydrogen-bond donors (Lipinski definition) is 3. The van der Waals surface area contributed by atoms with Gasteiger partial charge in [0, 0.05) is 12.5 Å². The molecule has 1 unspecified atom stereocenters. The summed E-state index contributed by atoms with van der Waals surface area (Å²) in [5.74, 6) is -0.896. The molecule has 150 valence electrons. The second kappa shape index (κ2) is 10.9. The maximum atomic E-state index is 12.6. The van der Waals surface area contributed by atoms with Crippen molar-refractivity contribution in [2.75, 3.05) is 20.3 Å². The summed E-state index contributed by atoms with van der Waals surface area (Å²) in [6, 6.07) is 12.8. The summed E-state index contributed by atoms with van der Waals surface area (Å²) in [5, 5.41) is 12.8. The molecule has 7 heteroatoms. The summed E-state index contributed by atoms with van der Waals surface area (Å²) in [7, 11) is 1.26. The molecule has 0 aromatic heterocycles. The molecule has 1 amide bonds. The van der Waals surface area contributed by atoms with Crippen LogP contribution in [0.4, 0.5) is 0 Å². The van der Waals surface area contributed by atoms with Crippen LogP contribution in [0, 0.1) is 0 Å². The molecular weight excluding hydrogens is 360 g/mol. The average molecular weight is 386 g/mol. The number of ether oxygens (including phenoxy) is 2. The lowest BCUT2D eigenvalue weighted by molar-refractivity contribution is -0.142. The van der Waals surface area contributed by atoms with E-state index in [1.807, 2.05) is 30.3 Å². The number of nitrogens with two attached hydrogens (primary N) is 1. The number of unbranched alkanes of at least 4 members (excludes halogenated alkanes) is 1. The number of esters is 1. The van der Waals surface area contributed by atoms with Crippen molar-refractivity contribution < 1.29 is 24.2 Å². The molecule has 0 heterocycles. The van der Waals surface area contributed by atoms with Crippen molar-refractivity contribution in [2.24, 2.45) is 5.73 Å². The van der Waals surface area contributed by atoms with Crippen LogP contribution in [0.5, 0.6) is 11.5 Å². The zero-order chi connectivity index (χ0) is 20.4. The Morgan fingerprint density at radius 3 is 2.54 bits per heavy atom. The van der Waals surface area contributed by atoms with Crippen LogP contribution in [0.2, 0.25) is 0 Å². The molecule has 0 fully saturated rings. The molecule has 2 rings (SSSR count). The molecule has 0 radical (unpaired) electrons. The van der Waals surface area contributed by atoms with E-state index in [9.17, 15) is 14.7 Å². The van der Waals surface area contributed by atoms with Crippen molar-refractivity contribution >= 4 is 11.9 Å². The Hall–Kier alpha value is -3.06. The molecule has 0 aliphatic rings. The number of methoxy groups -OCH3 is 1. The fourth-order valence-electron chi connectivity index (χ4n) is 2.65. The summed E-state index contributed by atoms with van der Waals surface area (Å²) in [6.45, 7) is 1.07. The second-order valence-electron chi connectivity index (χ2n) is 6.26. The van der Waals surface area contributed by atoms with Crippen LogP contribution in [0.15, 0.2) is 48.5 Å². The van der Waals surface area contributed by atoms with Gasteiger partial charge < -0.3 is 25.6 Å². The summed E-state index contributed by atoms with van der Waals surface area (Å²) < 4.78 is 10.3. The third-order valence-electron chi connectivity index (χ3n) is 4.15. The van der Waals surface area contributed by atoms with Gasteiger partial charge in [0.1, 0.15) is 17.5 Å². The Labute approximate surface area is 164 Å². The Bertz CT molecular complexity index is 780. The number of phenols is 1. The van der Waals surface area contributed by atoms with E-state index in [1.54, 1.807) is 6.07 Å². The first-order chi connectivity index (χ1) is 13.5. The Morgan fingerprint density at radius 2 is 1.89 bits per heavy atom. The first-order valence-corrected chi connectivity index (χ1v) is 9.13. The van der Waals surface area contributed by atoms with Gasteiger partial charge >= 0.3 is 5.97 Å². The maximum absolute atomic E-state index is 12.6. The number of benzene rings is 2. The van der Waals surface area contributed by atoms with Gasteiger partial charge in [0.15, 0.2) is 0 Å². The summed E-state index contributed by atoms with van der Waals surface area (Å²) in [5.41, 5.74) is 6.36. The minimum absolute atomic E-state index is 0.0521. The number of phenolic OH excluding ortho intramolecular Hbond substituents is 1. The van der Waals surface area contributed by atoms with Gasteiger partial charge in [-0.15, -0.1) is 0 Å². The quantitative estimate of drug-likeness (QED) is 0.426. The largest absolute Gasteiger partial charge is 0.507 e. The standard InChI is InChI=1S/C21H26N2O5/c1-27-21(26)18(13-15-7-3-2-4-8-15)23-20(25)17-10-9-16(14-19(17)24)28-12-6-5-11-22/h2-4,7-10,14,18,24H,5-6,11-13,22H2,1H3,(H,23,25). The van der Waals surface area contributed by atoms with Crippen molar-refractivity contribution in [2.45, 2.75) is 25.3 Å². The van der Waals surface area contributed by atoms with E-state index in [0.717, 1.165) is 18.4 Å². The van der Waals surface area contributed by atoms with E-state index in [-0.39, 0.29) is 17.7 Å². The smallest absolute Gasteiger partial charge is 0.328 e. The van der Waals surface area contributed by atoms with Gasteiger partial charge in [0.05, 0.1) is 19.3 Å². The van der Waals surface area contributed by atoms with E-state index < -0.39 is 17.9 Å². The molecule has 28 heavy (non-hydrogen) atoms. The number of rotatable bonds is 10. The number of carbonyl (C=O) groups is 2. The third kappa shape index (κ3) is 6.28.